The van der Waals surface area contributed by atoms with Crippen molar-refractivity contribution >= 4 is 17.1 Å². The first-order chi connectivity index (χ1) is 11.0. The summed E-state index contributed by atoms with van der Waals surface area (Å²) in [6.07, 6.45) is 0. The zero-order chi connectivity index (χ0) is 16.6. The molecule has 0 amide bonds. The predicted octanol–water partition coefficient (Wildman–Crippen LogP) is 3.01. The van der Waals surface area contributed by atoms with Gasteiger partial charge in [0.1, 0.15) is 0 Å². The quantitative estimate of drug-likeness (QED) is 0.661. The van der Waals surface area contributed by atoms with Crippen molar-refractivity contribution < 1.29 is 0 Å². The van der Waals surface area contributed by atoms with Crippen LogP contribution in [0.2, 0.25) is 0 Å². The van der Waals surface area contributed by atoms with Crippen LogP contribution in [0.4, 0.5) is 5.69 Å². The van der Waals surface area contributed by atoms with Crippen LogP contribution >= 0.6 is 0 Å². The molecule has 23 heavy (non-hydrogen) atoms. The third-order valence-electron chi connectivity index (χ3n) is 4.36. The average Bonchev–Trinajstić information content (AvgIpc) is 2.54. The van der Waals surface area contributed by atoms with Gasteiger partial charge in [0.25, 0.3) is 0 Å². The Morgan fingerprint density at radius 1 is 1.00 bits per heavy atom. The summed E-state index contributed by atoms with van der Waals surface area (Å²) < 4.78 is 0. The van der Waals surface area contributed by atoms with Crippen LogP contribution in [0.3, 0.4) is 0 Å². The zero-order valence-corrected chi connectivity index (χ0v) is 14.0. The number of nitrogens with zero attached hydrogens (tertiary/aromatic N) is 2. The van der Waals surface area contributed by atoms with E-state index in [1.807, 2.05) is 18.2 Å². The van der Waals surface area contributed by atoms with Crippen LogP contribution in [0.1, 0.15) is 30.5 Å². The maximum Gasteiger partial charge on any atom is 0.0849 e. The van der Waals surface area contributed by atoms with Crippen LogP contribution in [0.15, 0.2) is 48.5 Å². The maximum atomic E-state index is 6.60. The summed E-state index contributed by atoms with van der Waals surface area (Å²) in [7, 11) is 2.10. The lowest BCUT2D eigenvalue weighted by molar-refractivity contribution is 0.343. The van der Waals surface area contributed by atoms with E-state index in [1.54, 1.807) is 5.01 Å². The van der Waals surface area contributed by atoms with Gasteiger partial charge in [0, 0.05) is 36.4 Å². The summed E-state index contributed by atoms with van der Waals surface area (Å²) in [5, 5.41) is 1.77. The first kappa shape index (κ1) is 15.4. The van der Waals surface area contributed by atoms with Gasteiger partial charge in [0.2, 0.25) is 0 Å². The predicted molar refractivity (Wildman–Crippen MR) is 97.2 cm³/mol. The standard InChI is InChI=1S/C19H24N4/c1-13(2)23(21)19-16-10-6-7-11-17(16)22(3)12-14-8-4-5-9-15(14)18(19)20/h4-11,13H,12,20-21H2,1-3H3/b19-18-. The van der Waals surface area contributed by atoms with Crippen LogP contribution in [0.25, 0.3) is 11.4 Å². The van der Waals surface area contributed by atoms with Crippen molar-refractivity contribution in [1.82, 2.24) is 5.01 Å². The van der Waals surface area contributed by atoms with Gasteiger partial charge in [-0.15, -0.1) is 0 Å². The van der Waals surface area contributed by atoms with Gasteiger partial charge in [0.15, 0.2) is 0 Å². The number of hydrogen-bond donors (Lipinski definition) is 2. The van der Waals surface area contributed by atoms with Gasteiger partial charge in [-0.05, 0) is 25.5 Å². The number of hydrazine groups is 1. The summed E-state index contributed by atoms with van der Waals surface area (Å²) in [5.41, 5.74) is 12.7. The molecule has 0 saturated heterocycles. The van der Waals surface area contributed by atoms with Crippen molar-refractivity contribution in [3.8, 4) is 0 Å². The van der Waals surface area contributed by atoms with E-state index in [1.165, 1.54) is 5.56 Å². The van der Waals surface area contributed by atoms with Gasteiger partial charge in [-0.2, -0.15) is 0 Å². The van der Waals surface area contributed by atoms with Crippen molar-refractivity contribution in [2.75, 3.05) is 11.9 Å². The van der Waals surface area contributed by atoms with Crippen LogP contribution in [-0.4, -0.2) is 18.1 Å². The fraction of sp³-hybridized carbons (Fsp3) is 0.263. The van der Waals surface area contributed by atoms with Gasteiger partial charge in [-0.1, -0.05) is 42.5 Å². The molecular formula is C19H24N4. The van der Waals surface area contributed by atoms with Crippen LogP contribution in [0, 0.1) is 0 Å². The van der Waals surface area contributed by atoms with Gasteiger partial charge in [0.05, 0.1) is 11.4 Å². The molecule has 1 aliphatic heterocycles. The first-order valence-electron chi connectivity index (χ1n) is 7.93. The van der Waals surface area contributed by atoms with E-state index >= 15 is 0 Å². The first-order valence-corrected chi connectivity index (χ1v) is 7.93. The lowest BCUT2D eigenvalue weighted by Crippen LogP contribution is -2.38. The van der Waals surface area contributed by atoms with Crippen molar-refractivity contribution in [3.63, 3.8) is 0 Å². The van der Waals surface area contributed by atoms with Gasteiger partial charge >= 0.3 is 0 Å². The van der Waals surface area contributed by atoms with E-state index in [4.69, 9.17) is 11.6 Å². The smallest absolute Gasteiger partial charge is 0.0849 e. The number of benzene rings is 2. The van der Waals surface area contributed by atoms with Crippen molar-refractivity contribution in [1.29, 1.82) is 0 Å². The Kier molecular flexibility index (Phi) is 4.01. The molecule has 0 fully saturated rings. The molecule has 2 aromatic carbocycles. The van der Waals surface area contributed by atoms with Crippen LogP contribution in [0.5, 0.6) is 0 Å². The van der Waals surface area contributed by atoms with Crippen LogP contribution in [-0.2, 0) is 6.54 Å². The third-order valence-corrected chi connectivity index (χ3v) is 4.36. The second kappa shape index (κ2) is 5.97. The lowest BCUT2D eigenvalue weighted by atomic mass is 9.96. The number of fused-ring (bicyclic) bond motifs is 2. The number of hydrogen-bond acceptors (Lipinski definition) is 4. The minimum atomic E-state index is 0.147. The summed E-state index contributed by atoms with van der Waals surface area (Å²) >= 11 is 0. The van der Waals surface area contributed by atoms with Crippen molar-refractivity contribution in [2.45, 2.75) is 26.4 Å². The molecule has 0 unspecified atom stereocenters. The zero-order valence-electron chi connectivity index (χ0n) is 14.0. The lowest BCUT2D eigenvalue weighted by Gasteiger charge is -2.34. The Bertz CT molecular complexity index is 749. The average molecular weight is 308 g/mol. The Balaban J connectivity index is 2.34. The number of anilines is 1. The van der Waals surface area contributed by atoms with E-state index in [9.17, 15) is 0 Å². The number of nitrogens with two attached hydrogens (primary N) is 2. The molecule has 4 heteroatoms. The molecule has 0 radical (unpaired) electrons. The highest BCUT2D eigenvalue weighted by Crippen LogP contribution is 2.36. The SMILES string of the molecule is CC(C)N(N)/C1=C(\N)c2ccccc2CN(C)c2ccccc21. The van der Waals surface area contributed by atoms with E-state index in [-0.39, 0.29) is 6.04 Å². The number of para-hydroxylation sites is 1. The summed E-state index contributed by atoms with van der Waals surface area (Å²) in [5.74, 6) is 6.40. The Morgan fingerprint density at radius 2 is 1.61 bits per heavy atom. The van der Waals surface area contributed by atoms with E-state index in [2.05, 4.69) is 56.1 Å². The Hall–Kier alpha value is -2.46. The van der Waals surface area contributed by atoms with Crippen molar-refractivity contribution in [3.05, 3.63) is 65.2 Å². The highest BCUT2D eigenvalue weighted by molar-refractivity contribution is 5.93. The highest BCUT2D eigenvalue weighted by Gasteiger charge is 2.24. The molecule has 2 aromatic rings. The summed E-state index contributed by atoms with van der Waals surface area (Å²) in [4.78, 5) is 2.24. The number of rotatable bonds is 2. The molecule has 4 nitrogen and oxygen atoms in total. The summed E-state index contributed by atoms with van der Waals surface area (Å²) in [6.45, 7) is 4.95. The van der Waals surface area contributed by atoms with E-state index in [0.717, 1.165) is 34.8 Å². The normalized spacial score (nSPS) is 17.3. The highest BCUT2D eigenvalue weighted by atomic mass is 15.4. The molecule has 4 N–H and O–H groups in total. The molecule has 1 heterocycles. The minimum absolute atomic E-state index is 0.147. The topological polar surface area (TPSA) is 58.5 Å². The molecule has 1 aliphatic rings. The second-order valence-electron chi connectivity index (χ2n) is 6.29. The van der Waals surface area contributed by atoms with Gasteiger partial charge in [-0.25, -0.2) is 5.84 Å². The fourth-order valence-electron chi connectivity index (χ4n) is 3.08. The third kappa shape index (κ3) is 2.66. The summed E-state index contributed by atoms with van der Waals surface area (Å²) in [6, 6.07) is 16.7. The molecular weight excluding hydrogens is 284 g/mol. The fourth-order valence-corrected chi connectivity index (χ4v) is 3.08. The minimum Gasteiger partial charge on any atom is -0.396 e. The van der Waals surface area contributed by atoms with Gasteiger partial charge < -0.3 is 15.6 Å². The molecule has 120 valence electrons. The molecule has 0 spiro atoms. The molecule has 0 atom stereocenters. The molecule has 0 saturated carbocycles. The van der Waals surface area contributed by atoms with E-state index < -0.39 is 0 Å². The molecule has 3 rings (SSSR count). The van der Waals surface area contributed by atoms with Crippen LogP contribution < -0.4 is 16.5 Å². The molecule has 0 bridgehead atoms. The van der Waals surface area contributed by atoms with Gasteiger partial charge in [-0.3, -0.25) is 0 Å². The Morgan fingerprint density at radius 3 is 2.30 bits per heavy atom. The largest absolute Gasteiger partial charge is 0.396 e. The molecule has 0 aliphatic carbocycles. The maximum absolute atomic E-state index is 6.60. The monoisotopic (exact) mass is 308 g/mol. The van der Waals surface area contributed by atoms with Crippen molar-refractivity contribution in [2.24, 2.45) is 11.6 Å². The van der Waals surface area contributed by atoms with E-state index in [0.29, 0.717) is 0 Å². The molecule has 0 aromatic heterocycles. The Labute approximate surface area is 138 Å². The second-order valence-corrected chi connectivity index (χ2v) is 6.29.